The van der Waals surface area contributed by atoms with E-state index in [2.05, 4.69) is 20.4 Å². The number of nitrogens with zero attached hydrogens (tertiary/aromatic N) is 5. The molecule has 0 saturated carbocycles. The topological polar surface area (TPSA) is 94.4 Å². The molecule has 1 aromatic carbocycles. The minimum Gasteiger partial charge on any atom is -0.495 e. The first-order valence-corrected chi connectivity index (χ1v) is 9.76. The Hall–Kier alpha value is -3.17. The number of hydrogen-bond donors (Lipinski definition) is 1. The molecule has 0 spiro atoms. The minimum atomic E-state index is -0.0512. The summed E-state index contributed by atoms with van der Waals surface area (Å²) in [4.78, 5) is 23.2. The fraction of sp³-hybridized carbons (Fsp3) is 0.300. The molecule has 2 aromatic heterocycles. The number of hydrogen-bond acceptors (Lipinski definition) is 7. The second-order valence-electron chi connectivity index (χ2n) is 6.74. The molecule has 30 heavy (non-hydrogen) atoms. The van der Waals surface area contributed by atoms with Gasteiger partial charge in [-0.1, -0.05) is 11.6 Å². The Balaban J connectivity index is 1.58. The van der Waals surface area contributed by atoms with Gasteiger partial charge in [0.1, 0.15) is 5.75 Å². The quantitative estimate of drug-likeness (QED) is 0.667. The third-order valence-corrected chi connectivity index (χ3v) is 4.99. The van der Waals surface area contributed by atoms with Crippen molar-refractivity contribution in [2.24, 2.45) is 7.05 Å². The SMILES string of the molecule is COc1cc(C(=O)N2CCOCC2)ccc1Nc1ncc(Cl)c(-c2cnn(C)c2)n1. The maximum Gasteiger partial charge on any atom is 0.254 e. The van der Waals surface area contributed by atoms with Gasteiger partial charge in [-0.05, 0) is 18.2 Å². The van der Waals surface area contributed by atoms with E-state index in [0.717, 1.165) is 5.56 Å². The monoisotopic (exact) mass is 428 g/mol. The zero-order valence-corrected chi connectivity index (χ0v) is 17.4. The van der Waals surface area contributed by atoms with Crippen molar-refractivity contribution in [2.75, 3.05) is 38.7 Å². The maximum absolute atomic E-state index is 12.7. The predicted octanol–water partition coefficient (Wildman–Crippen LogP) is 2.76. The molecule has 10 heteroatoms. The van der Waals surface area contributed by atoms with Crippen LogP contribution in [-0.2, 0) is 11.8 Å². The van der Waals surface area contributed by atoms with E-state index in [4.69, 9.17) is 21.1 Å². The van der Waals surface area contributed by atoms with Gasteiger partial charge in [0.25, 0.3) is 5.91 Å². The molecule has 1 fully saturated rings. The Morgan fingerprint density at radius 2 is 2.07 bits per heavy atom. The number of amides is 1. The number of rotatable bonds is 5. The number of carbonyl (C=O) groups is 1. The van der Waals surface area contributed by atoms with Crippen molar-refractivity contribution in [1.82, 2.24) is 24.6 Å². The van der Waals surface area contributed by atoms with Crippen molar-refractivity contribution < 1.29 is 14.3 Å². The number of aromatic nitrogens is 4. The van der Waals surface area contributed by atoms with Crippen molar-refractivity contribution in [3.63, 3.8) is 0 Å². The summed E-state index contributed by atoms with van der Waals surface area (Å²) in [6.45, 7) is 2.26. The number of aryl methyl sites for hydroxylation is 1. The second-order valence-corrected chi connectivity index (χ2v) is 7.14. The van der Waals surface area contributed by atoms with Crippen LogP contribution >= 0.6 is 11.6 Å². The molecule has 1 aliphatic heterocycles. The fourth-order valence-electron chi connectivity index (χ4n) is 3.17. The molecule has 0 radical (unpaired) electrons. The summed E-state index contributed by atoms with van der Waals surface area (Å²) in [6, 6.07) is 5.23. The number of anilines is 2. The van der Waals surface area contributed by atoms with Crippen molar-refractivity contribution in [3.8, 4) is 17.0 Å². The van der Waals surface area contributed by atoms with Gasteiger partial charge in [0.2, 0.25) is 5.95 Å². The van der Waals surface area contributed by atoms with Crippen LogP contribution in [0.15, 0.2) is 36.8 Å². The lowest BCUT2D eigenvalue weighted by molar-refractivity contribution is 0.0302. The van der Waals surface area contributed by atoms with E-state index < -0.39 is 0 Å². The summed E-state index contributed by atoms with van der Waals surface area (Å²) in [5, 5.41) is 7.71. The maximum atomic E-state index is 12.7. The van der Waals surface area contributed by atoms with E-state index >= 15 is 0 Å². The van der Waals surface area contributed by atoms with Crippen LogP contribution in [0, 0.1) is 0 Å². The van der Waals surface area contributed by atoms with Gasteiger partial charge in [0.15, 0.2) is 0 Å². The molecule has 0 atom stereocenters. The predicted molar refractivity (Wildman–Crippen MR) is 112 cm³/mol. The molecule has 9 nitrogen and oxygen atoms in total. The molecule has 1 N–H and O–H groups in total. The number of ether oxygens (including phenoxy) is 2. The number of benzene rings is 1. The van der Waals surface area contributed by atoms with E-state index in [0.29, 0.717) is 60.0 Å². The number of nitrogens with one attached hydrogen (secondary N) is 1. The Labute approximate surface area is 178 Å². The Kier molecular flexibility index (Phi) is 5.82. The molecular weight excluding hydrogens is 408 g/mol. The molecule has 1 amide bonds. The average Bonchev–Trinajstić information content (AvgIpc) is 3.21. The number of carbonyl (C=O) groups excluding carboxylic acids is 1. The van der Waals surface area contributed by atoms with Crippen LogP contribution in [0.1, 0.15) is 10.4 Å². The van der Waals surface area contributed by atoms with Gasteiger partial charge < -0.3 is 19.7 Å². The average molecular weight is 429 g/mol. The van der Waals surface area contributed by atoms with Gasteiger partial charge in [-0.25, -0.2) is 9.97 Å². The number of methoxy groups -OCH3 is 1. The van der Waals surface area contributed by atoms with Crippen molar-refractivity contribution in [2.45, 2.75) is 0 Å². The Morgan fingerprint density at radius 3 is 2.77 bits per heavy atom. The van der Waals surface area contributed by atoms with E-state index in [-0.39, 0.29) is 5.91 Å². The van der Waals surface area contributed by atoms with Crippen LogP contribution in [0.5, 0.6) is 5.75 Å². The first-order chi connectivity index (χ1) is 14.5. The van der Waals surface area contributed by atoms with Gasteiger partial charge >= 0.3 is 0 Å². The lowest BCUT2D eigenvalue weighted by atomic mass is 10.1. The van der Waals surface area contributed by atoms with E-state index in [9.17, 15) is 4.79 Å². The zero-order chi connectivity index (χ0) is 21.1. The third kappa shape index (κ3) is 4.22. The molecule has 4 rings (SSSR count). The van der Waals surface area contributed by atoms with Crippen LogP contribution in [0.2, 0.25) is 5.02 Å². The Morgan fingerprint density at radius 1 is 1.27 bits per heavy atom. The Bertz CT molecular complexity index is 1060. The van der Waals surface area contributed by atoms with Crippen molar-refractivity contribution in [1.29, 1.82) is 0 Å². The molecule has 156 valence electrons. The van der Waals surface area contributed by atoms with Crippen molar-refractivity contribution >= 4 is 29.1 Å². The summed E-state index contributed by atoms with van der Waals surface area (Å²) < 4.78 is 12.5. The summed E-state index contributed by atoms with van der Waals surface area (Å²) in [5.74, 6) is 0.809. The first kappa shape index (κ1) is 20.1. The van der Waals surface area contributed by atoms with E-state index in [1.807, 2.05) is 13.2 Å². The fourth-order valence-corrected chi connectivity index (χ4v) is 3.37. The van der Waals surface area contributed by atoms with Gasteiger partial charge in [-0.15, -0.1) is 0 Å². The molecule has 3 heterocycles. The molecule has 0 aliphatic carbocycles. The minimum absolute atomic E-state index is 0.0512. The molecular formula is C20H21ClN6O3. The molecule has 0 unspecified atom stereocenters. The normalized spacial score (nSPS) is 13.9. The summed E-state index contributed by atoms with van der Waals surface area (Å²) >= 11 is 6.27. The van der Waals surface area contributed by atoms with Gasteiger partial charge in [0, 0.05) is 37.5 Å². The van der Waals surface area contributed by atoms with Gasteiger partial charge in [-0.2, -0.15) is 5.10 Å². The summed E-state index contributed by atoms with van der Waals surface area (Å²) in [5.41, 5.74) is 2.54. The summed E-state index contributed by atoms with van der Waals surface area (Å²) in [7, 11) is 3.37. The summed E-state index contributed by atoms with van der Waals surface area (Å²) in [6.07, 6.45) is 5.04. The zero-order valence-electron chi connectivity index (χ0n) is 16.6. The van der Waals surface area contributed by atoms with Crippen molar-refractivity contribution in [3.05, 3.63) is 47.4 Å². The lowest BCUT2D eigenvalue weighted by Crippen LogP contribution is -2.40. The highest BCUT2D eigenvalue weighted by atomic mass is 35.5. The van der Waals surface area contributed by atoms with Crippen LogP contribution in [0.3, 0.4) is 0 Å². The molecule has 1 aliphatic rings. The van der Waals surface area contributed by atoms with E-state index in [1.165, 1.54) is 6.20 Å². The van der Waals surface area contributed by atoms with Crippen LogP contribution in [0.25, 0.3) is 11.3 Å². The lowest BCUT2D eigenvalue weighted by Gasteiger charge is -2.27. The molecule has 1 saturated heterocycles. The van der Waals surface area contributed by atoms with Gasteiger partial charge in [-0.3, -0.25) is 9.48 Å². The highest BCUT2D eigenvalue weighted by Gasteiger charge is 2.20. The van der Waals surface area contributed by atoms with Crippen LogP contribution in [0.4, 0.5) is 11.6 Å². The van der Waals surface area contributed by atoms with Gasteiger partial charge in [0.05, 0.1) is 49.1 Å². The standard InChI is InChI=1S/C20H21ClN6O3/c1-26-12-14(10-23-26)18-15(21)11-22-20(25-18)24-16-4-3-13(9-17(16)29-2)19(28)27-5-7-30-8-6-27/h3-4,9-12H,5-8H2,1-2H3,(H,22,24,25). The van der Waals surface area contributed by atoms with Crippen LogP contribution in [-0.4, -0.2) is 64.0 Å². The highest BCUT2D eigenvalue weighted by molar-refractivity contribution is 6.32. The van der Waals surface area contributed by atoms with E-state index in [1.54, 1.807) is 41.1 Å². The van der Waals surface area contributed by atoms with Crippen LogP contribution < -0.4 is 10.1 Å². The highest BCUT2D eigenvalue weighted by Crippen LogP contribution is 2.30. The molecule has 0 bridgehead atoms. The largest absolute Gasteiger partial charge is 0.495 e. The number of halogens is 1. The smallest absolute Gasteiger partial charge is 0.254 e. The third-order valence-electron chi connectivity index (χ3n) is 4.72. The second kappa shape index (κ2) is 8.68. The number of morpholine rings is 1. The molecule has 3 aromatic rings. The first-order valence-electron chi connectivity index (χ1n) is 9.39.